The third-order valence-electron chi connectivity index (χ3n) is 3.15. The second kappa shape index (κ2) is 6.84. The zero-order chi connectivity index (χ0) is 13.7. The lowest BCUT2D eigenvalue weighted by Gasteiger charge is -2.13. The Bertz CT molecular complexity index is 414. The molecule has 1 aromatic carbocycles. The lowest BCUT2D eigenvalue weighted by Crippen LogP contribution is -2.32. The third-order valence-corrected chi connectivity index (χ3v) is 3.15. The molecule has 0 amide bonds. The van der Waals surface area contributed by atoms with Crippen LogP contribution in [-0.2, 0) is 11.2 Å². The van der Waals surface area contributed by atoms with E-state index >= 15 is 0 Å². The van der Waals surface area contributed by atoms with Gasteiger partial charge in [-0.15, -0.1) is 0 Å². The lowest BCUT2D eigenvalue weighted by atomic mass is 10.1. The van der Waals surface area contributed by atoms with Gasteiger partial charge in [0.1, 0.15) is 17.7 Å². The third kappa shape index (κ3) is 4.16. The molecule has 2 unspecified atom stereocenters. The maximum Gasteiger partial charge on any atom is 0.123 e. The molecule has 0 saturated heterocycles. The molecule has 0 bridgehead atoms. The van der Waals surface area contributed by atoms with Crippen molar-refractivity contribution in [2.75, 3.05) is 26.8 Å². The van der Waals surface area contributed by atoms with Crippen molar-refractivity contribution in [3.63, 3.8) is 0 Å². The molecule has 0 aliphatic carbocycles. The van der Waals surface area contributed by atoms with Crippen LogP contribution in [0.2, 0.25) is 0 Å². The number of methoxy groups -OCH3 is 1. The van der Waals surface area contributed by atoms with E-state index in [0.717, 1.165) is 17.7 Å². The number of nitrogens with one attached hydrogen (secondary N) is 1. The van der Waals surface area contributed by atoms with Crippen molar-refractivity contribution in [1.82, 2.24) is 5.32 Å². The van der Waals surface area contributed by atoms with Crippen LogP contribution in [0, 0.1) is 5.82 Å². The van der Waals surface area contributed by atoms with Crippen molar-refractivity contribution >= 4 is 0 Å². The fourth-order valence-electron chi connectivity index (χ4n) is 2.21. The van der Waals surface area contributed by atoms with E-state index in [2.05, 4.69) is 5.32 Å². The van der Waals surface area contributed by atoms with Gasteiger partial charge in [-0.05, 0) is 31.2 Å². The minimum atomic E-state index is -0.437. The molecule has 106 valence electrons. The van der Waals surface area contributed by atoms with E-state index < -0.39 is 6.10 Å². The molecule has 0 saturated carbocycles. The summed E-state index contributed by atoms with van der Waals surface area (Å²) in [6, 6.07) is 4.61. The number of aliphatic hydroxyl groups excluding tert-OH is 1. The number of fused-ring (bicyclic) bond motifs is 1. The highest BCUT2D eigenvalue weighted by atomic mass is 19.1. The van der Waals surface area contributed by atoms with Gasteiger partial charge in [-0.3, -0.25) is 0 Å². The minimum absolute atomic E-state index is 0.0383. The van der Waals surface area contributed by atoms with Gasteiger partial charge in [-0.25, -0.2) is 4.39 Å². The lowest BCUT2D eigenvalue weighted by molar-refractivity contribution is 0.0590. The second-order valence-corrected chi connectivity index (χ2v) is 4.80. The van der Waals surface area contributed by atoms with Gasteiger partial charge in [-0.1, -0.05) is 0 Å². The molecule has 0 aromatic heterocycles. The fourth-order valence-corrected chi connectivity index (χ4v) is 2.21. The van der Waals surface area contributed by atoms with Crippen molar-refractivity contribution in [3.05, 3.63) is 29.6 Å². The SMILES string of the molecule is COCC(O)CCNCC1Cc2cc(F)ccc2O1. The van der Waals surface area contributed by atoms with Gasteiger partial charge in [-0.2, -0.15) is 0 Å². The summed E-state index contributed by atoms with van der Waals surface area (Å²) in [5, 5.41) is 12.7. The van der Waals surface area contributed by atoms with Gasteiger partial charge in [0.15, 0.2) is 0 Å². The summed E-state index contributed by atoms with van der Waals surface area (Å²) in [6.07, 6.45) is 0.965. The minimum Gasteiger partial charge on any atom is -0.488 e. The zero-order valence-corrected chi connectivity index (χ0v) is 11.1. The standard InChI is InChI=1S/C14H20FNO3/c1-18-9-12(17)4-5-16-8-13-7-10-6-11(15)2-3-14(10)19-13/h2-3,6,12-13,16-17H,4-5,7-9H2,1H3. The van der Waals surface area contributed by atoms with Crippen LogP contribution in [0.25, 0.3) is 0 Å². The van der Waals surface area contributed by atoms with Crippen LogP contribution in [0.3, 0.4) is 0 Å². The molecular weight excluding hydrogens is 249 g/mol. The van der Waals surface area contributed by atoms with Crippen molar-refractivity contribution < 1.29 is 19.0 Å². The number of ether oxygens (including phenoxy) is 2. The predicted octanol–water partition coefficient (Wildman–Crippen LogP) is 1.12. The van der Waals surface area contributed by atoms with E-state index in [1.165, 1.54) is 12.1 Å². The first kappa shape index (κ1) is 14.2. The van der Waals surface area contributed by atoms with E-state index in [0.29, 0.717) is 26.1 Å². The van der Waals surface area contributed by atoms with Crippen LogP contribution in [0.15, 0.2) is 18.2 Å². The summed E-state index contributed by atoms with van der Waals surface area (Å²) in [5.41, 5.74) is 0.922. The van der Waals surface area contributed by atoms with Gasteiger partial charge in [0.05, 0.1) is 12.7 Å². The molecule has 1 aromatic rings. The summed E-state index contributed by atoms with van der Waals surface area (Å²) in [6.45, 7) is 1.75. The van der Waals surface area contributed by atoms with E-state index in [1.807, 2.05) is 0 Å². The summed E-state index contributed by atoms with van der Waals surface area (Å²) >= 11 is 0. The molecule has 0 radical (unpaired) electrons. The van der Waals surface area contributed by atoms with Crippen molar-refractivity contribution in [2.45, 2.75) is 25.0 Å². The highest BCUT2D eigenvalue weighted by molar-refractivity contribution is 5.37. The normalized spacial score (nSPS) is 19.0. The first-order chi connectivity index (χ1) is 9.19. The van der Waals surface area contributed by atoms with Gasteiger partial charge in [0, 0.05) is 25.6 Å². The molecule has 0 fully saturated rings. The largest absolute Gasteiger partial charge is 0.488 e. The van der Waals surface area contributed by atoms with Gasteiger partial charge in [0.2, 0.25) is 0 Å². The molecule has 2 atom stereocenters. The fraction of sp³-hybridized carbons (Fsp3) is 0.571. The Balaban J connectivity index is 1.67. The van der Waals surface area contributed by atoms with Crippen molar-refractivity contribution in [1.29, 1.82) is 0 Å². The van der Waals surface area contributed by atoms with Crippen LogP contribution in [0.1, 0.15) is 12.0 Å². The Morgan fingerprint density at radius 2 is 2.42 bits per heavy atom. The quantitative estimate of drug-likeness (QED) is 0.728. The molecular formula is C14H20FNO3. The highest BCUT2D eigenvalue weighted by Gasteiger charge is 2.22. The zero-order valence-electron chi connectivity index (χ0n) is 11.1. The van der Waals surface area contributed by atoms with Crippen molar-refractivity contribution in [3.8, 4) is 5.75 Å². The highest BCUT2D eigenvalue weighted by Crippen LogP contribution is 2.28. The van der Waals surface area contributed by atoms with Gasteiger partial charge < -0.3 is 19.9 Å². The number of hydrogen-bond donors (Lipinski definition) is 2. The van der Waals surface area contributed by atoms with Crippen LogP contribution >= 0.6 is 0 Å². The molecule has 4 nitrogen and oxygen atoms in total. The van der Waals surface area contributed by atoms with Crippen LogP contribution in [0.5, 0.6) is 5.75 Å². The monoisotopic (exact) mass is 269 g/mol. The van der Waals surface area contributed by atoms with E-state index in [9.17, 15) is 9.50 Å². The Morgan fingerprint density at radius 3 is 3.21 bits per heavy atom. The molecule has 1 aliphatic rings. The number of halogens is 1. The summed E-state index contributed by atoms with van der Waals surface area (Å²) in [4.78, 5) is 0. The average molecular weight is 269 g/mol. The predicted molar refractivity (Wildman–Crippen MR) is 69.9 cm³/mol. The summed E-state index contributed by atoms with van der Waals surface area (Å²) < 4.78 is 23.6. The number of hydrogen-bond acceptors (Lipinski definition) is 4. The number of benzene rings is 1. The second-order valence-electron chi connectivity index (χ2n) is 4.80. The number of aliphatic hydroxyl groups is 1. The maximum absolute atomic E-state index is 13.0. The molecule has 0 spiro atoms. The van der Waals surface area contributed by atoms with E-state index in [4.69, 9.17) is 9.47 Å². The number of rotatable bonds is 7. The van der Waals surface area contributed by atoms with Gasteiger partial charge >= 0.3 is 0 Å². The molecule has 1 heterocycles. The first-order valence-corrected chi connectivity index (χ1v) is 6.52. The summed E-state index contributed by atoms with van der Waals surface area (Å²) in [7, 11) is 1.57. The molecule has 1 aliphatic heterocycles. The van der Waals surface area contributed by atoms with Crippen LogP contribution in [-0.4, -0.2) is 44.1 Å². The molecule has 2 rings (SSSR count). The first-order valence-electron chi connectivity index (χ1n) is 6.52. The Hall–Kier alpha value is -1.17. The topological polar surface area (TPSA) is 50.7 Å². The average Bonchev–Trinajstić information content (AvgIpc) is 2.77. The van der Waals surface area contributed by atoms with Crippen LogP contribution in [0.4, 0.5) is 4.39 Å². The Morgan fingerprint density at radius 1 is 1.58 bits per heavy atom. The smallest absolute Gasteiger partial charge is 0.123 e. The summed E-state index contributed by atoms with van der Waals surface area (Å²) in [5.74, 6) is 0.547. The van der Waals surface area contributed by atoms with Gasteiger partial charge in [0.25, 0.3) is 0 Å². The molecule has 19 heavy (non-hydrogen) atoms. The maximum atomic E-state index is 13.0. The van der Waals surface area contributed by atoms with Crippen molar-refractivity contribution in [2.24, 2.45) is 0 Å². The van der Waals surface area contributed by atoms with Crippen LogP contribution < -0.4 is 10.1 Å². The van der Waals surface area contributed by atoms with E-state index in [1.54, 1.807) is 13.2 Å². The molecule has 2 N–H and O–H groups in total. The Labute approximate surface area is 112 Å². The Kier molecular flexibility index (Phi) is 5.13. The van der Waals surface area contributed by atoms with E-state index in [-0.39, 0.29) is 11.9 Å². The molecule has 5 heteroatoms.